The zero-order valence-corrected chi connectivity index (χ0v) is 12.9. The molecule has 1 N–H and O–H groups in total. The molecule has 1 aromatic rings. The van der Waals surface area contributed by atoms with E-state index in [4.69, 9.17) is 27.9 Å². The summed E-state index contributed by atoms with van der Waals surface area (Å²) in [6.07, 6.45) is 0.124. The van der Waals surface area contributed by atoms with Crippen LogP contribution in [0.5, 0.6) is 5.75 Å². The van der Waals surface area contributed by atoms with Crippen LogP contribution in [0.1, 0.15) is 19.4 Å². The number of nitrogens with zero attached hydrogens (tertiary/aromatic N) is 1. The molecule has 1 aliphatic heterocycles. The van der Waals surface area contributed by atoms with Crippen molar-refractivity contribution in [2.24, 2.45) is 0 Å². The van der Waals surface area contributed by atoms with Gasteiger partial charge in [0, 0.05) is 44.4 Å². The Labute approximate surface area is 124 Å². The summed E-state index contributed by atoms with van der Waals surface area (Å²) in [7, 11) is 0. The zero-order valence-electron chi connectivity index (χ0n) is 11.4. The van der Waals surface area contributed by atoms with Crippen molar-refractivity contribution in [1.82, 2.24) is 10.2 Å². The van der Waals surface area contributed by atoms with E-state index in [2.05, 4.69) is 10.2 Å². The van der Waals surface area contributed by atoms with Gasteiger partial charge in [-0.25, -0.2) is 0 Å². The van der Waals surface area contributed by atoms with Crippen molar-refractivity contribution in [2.75, 3.05) is 26.2 Å². The fraction of sp³-hybridized carbons (Fsp3) is 0.571. The Bertz CT molecular complexity index is 432. The molecule has 2 rings (SSSR count). The number of hydrogen-bond acceptors (Lipinski definition) is 3. The van der Waals surface area contributed by atoms with E-state index in [1.54, 1.807) is 0 Å². The van der Waals surface area contributed by atoms with Gasteiger partial charge >= 0.3 is 0 Å². The average molecular weight is 303 g/mol. The van der Waals surface area contributed by atoms with Crippen molar-refractivity contribution in [3.63, 3.8) is 0 Å². The highest BCUT2D eigenvalue weighted by Gasteiger charge is 2.15. The van der Waals surface area contributed by atoms with Crippen molar-refractivity contribution in [3.8, 4) is 5.75 Å². The molecular formula is C14H20Cl2N2O. The van der Waals surface area contributed by atoms with Gasteiger partial charge in [0.2, 0.25) is 0 Å². The van der Waals surface area contributed by atoms with Crippen LogP contribution in [-0.4, -0.2) is 37.2 Å². The first-order valence-corrected chi connectivity index (χ1v) is 7.39. The summed E-state index contributed by atoms with van der Waals surface area (Å²) in [5, 5.41) is 4.48. The maximum absolute atomic E-state index is 6.12. The molecule has 0 spiro atoms. The molecule has 0 aromatic heterocycles. The van der Waals surface area contributed by atoms with E-state index in [9.17, 15) is 0 Å². The lowest BCUT2D eigenvalue weighted by Crippen LogP contribution is -2.42. The average Bonchev–Trinajstić information content (AvgIpc) is 2.36. The highest BCUT2D eigenvalue weighted by atomic mass is 35.5. The lowest BCUT2D eigenvalue weighted by atomic mass is 10.1. The van der Waals surface area contributed by atoms with Gasteiger partial charge in [-0.2, -0.15) is 0 Å². The van der Waals surface area contributed by atoms with Gasteiger partial charge in [-0.3, -0.25) is 4.90 Å². The molecule has 0 radical (unpaired) electrons. The second-order valence-corrected chi connectivity index (χ2v) is 5.88. The monoisotopic (exact) mass is 302 g/mol. The molecule has 3 nitrogen and oxygen atoms in total. The van der Waals surface area contributed by atoms with Crippen molar-refractivity contribution >= 4 is 23.2 Å². The highest BCUT2D eigenvalue weighted by Crippen LogP contribution is 2.32. The summed E-state index contributed by atoms with van der Waals surface area (Å²) in [6.45, 7) is 9.01. The Morgan fingerprint density at radius 2 is 1.84 bits per heavy atom. The van der Waals surface area contributed by atoms with E-state index >= 15 is 0 Å². The standard InChI is InChI=1S/C14H20Cl2N2O/c1-10(2)19-14-8-13(16)12(15)7-11(14)9-18-5-3-17-4-6-18/h7-8,10,17H,3-6,9H2,1-2H3. The summed E-state index contributed by atoms with van der Waals surface area (Å²) in [4.78, 5) is 2.39. The van der Waals surface area contributed by atoms with Gasteiger partial charge in [-0.15, -0.1) is 0 Å². The SMILES string of the molecule is CC(C)Oc1cc(Cl)c(Cl)cc1CN1CCNCC1. The van der Waals surface area contributed by atoms with Gasteiger partial charge in [-0.1, -0.05) is 23.2 Å². The van der Waals surface area contributed by atoms with Gasteiger partial charge in [0.25, 0.3) is 0 Å². The molecule has 0 aliphatic carbocycles. The highest BCUT2D eigenvalue weighted by molar-refractivity contribution is 6.42. The van der Waals surface area contributed by atoms with Crippen LogP contribution in [0, 0.1) is 0 Å². The third kappa shape index (κ3) is 4.25. The fourth-order valence-corrected chi connectivity index (χ4v) is 2.51. The fourth-order valence-electron chi connectivity index (χ4n) is 2.17. The number of piperazine rings is 1. The largest absolute Gasteiger partial charge is 0.491 e. The normalized spacial score (nSPS) is 16.9. The molecule has 5 heteroatoms. The molecule has 0 amide bonds. The third-order valence-corrected chi connectivity index (χ3v) is 3.79. The maximum Gasteiger partial charge on any atom is 0.125 e. The number of ether oxygens (including phenoxy) is 1. The predicted molar refractivity (Wildman–Crippen MR) is 80.4 cm³/mol. The van der Waals surface area contributed by atoms with Crippen molar-refractivity contribution < 1.29 is 4.74 Å². The van der Waals surface area contributed by atoms with Crippen LogP contribution in [0.2, 0.25) is 10.0 Å². The van der Waals surface area contributed by atoms with Crippen LogP contribution in [0.4, 0.5) is 0 Å². The Balaban J connectivity index is 2.18. The molecule has 1 aliphatic rings. The van der Waals surface area contributed by atoms with Crippen LogP contribution in [-0.2, 0) is 6.54 Å². The Morgan fingerprint density at radius 3 is 2.47 bits per heavy atom. The van der Waals surface area contributed by atoms with Crippen LogP contribution in [0.25, 0.3) is 0 Å². The van der Waals surface area contributed by atoms with E-state index in [0.29, 0.717) is 10.0 Å². The minimum Gasteiger partial charge on any atom is -0.491 e. The van der Waals surface area contributed by atoms with Crippen LogP contribution >= 0.6 is 23.2 Å². The first-order chi connectivity index (χ1) is 9.06. The molecule has 0 atom stereocenters. The third-order valence-electron chi connectivity index (χ3n) is 3.07. The Kier molecular flexibility index (Phi) is 5.34. The van der Waals surface area contributed by atoms with Crippen LogP contribution in [0.15, 0.2) is 12.1 Å². The van der Waals surface area contributed by atoms with Crippen LogP contribution < -0.4 is 10.1 Å². The van der Waals surface area contributed by atoms with Gasteiger partial charge in [0.05, 0.1) is 16.1 Å². The molecule has 1 aromatic carbocycles. The van der Waals surface area contributed by atoms with Gasteiger partial charge in [0.15, 0.2) is 0 Å². The number of nitrogens with one attached hydrogen (secondary N) is 1. The second-order valence-electron chi connectivity index (χ2n) is 5.07. The van der Waals surface area contributed by atoms with Gasteiger partial charge < -0.3 is 10.1 Å². The second kappa shape index (κ2) is 6.80. The number of hydrogen-bond donors (Lipinski definition) is 1. The molecule has 106 valence electrons. The Morgan fingerprint density at radius 1 is 1.21 bits per heavy atom. The van der Waals surface area contributed by atoms with Crippen molar-refractivity contribution in [2.45, 2.75) is 26.5 Å². The lowest BCUT2D eigenvalue weighted by Gasteiger charge is -2.28. The maximum atomic E-state index is 6.12. The molecule has 19 heavy (non-hydrogen) atoms. The van der Waals surface area contributed by atoms with E-state index in [0.717, 1.165) is 44.0 Å². The molecule has 1 saturated heterocycles. The number of benzene rings is 1. The van der Waals surface area contributed by atoms with E-state index in [1.165, 1.54) is 0 Å². The van der Waals surface area contributed by atoms with Gasteiger partial charge in [0.1, 0.15) is 5.75 Å². The number of rotatable bonds is 4. The lowest BCUT2D eigenvalue weighted by molar-refractivity contribution is 0.214. The molecule has 0 saturated carbocycles. The minimum absolute atomic E-state index is 0.124. The molecule has 1 heterocycles. The summed E-state index contributed by atoms with van der Waals surface area (Å²) in [5.74, 6) is 0.836. The molecular weight excluding hydrogens is 283 g/mol. The summed E-state index contributed by atoms with van der Waals surface area (Å²) >= 11 is 12.2. The van der Waals surface area contributed by atoms with E-state index in [1.807, 2.05) is 26.0 Å². The zero-order chi connectivity index (χ0) is 13.8. The van der Waals surface area contributed by atoms with Crippen LogP contribution in [0.3, 0.4) is 0 Å². The van der Waals surface area contributed by atoms with E-state index in [-0.39, 0.29) is 6.10 Å². The van der Waals surface area contributed by atoms with Crippen molar-refractivity contribution in [3.05, 3.63) is 27.7 Å². The van der Waals surface area contributed by atoms with E-state index < -0.39 is 0 Å². The number of halogens is 2. The summed E-state index contributed by atoms with van der Waals surface area (Å²) < 4.78 is 5.84. The first-order valence-electron chi connectivity index (χ1n) is 6.64. The topological polar surface area (TPSA) is 24.5 Å². The summed E-state index contributed by atoms with van der Waals surface area (Å²) in [6, 6.07) is 3.74. The predicted octanol–water partition coefficient (Wildman–Crippen LogP) is 3.19. The van der Waals surface area contributed by atoms with Crippen molar-refractivity contribution in [1.29, 1.82) is 0 Å². The summed E-state index contributed by atoms with van der Waals surface area (Å²) in [5.41, 5.74) is 1.10. The minimum atomic E-state index is 0.124. The molecule has 0 bridgehead atoms. The Hall–Kier alpha value is -0.480. The first kappa shape index (κ1) is 14.9. The molecule has 0 unspecified atom stereocenters. The molecule has 1 fully saturated rings. The van der Waals surface area contributed by atoms with Gasteiger partial charge in [-0.05, 0) is 19.9 Å². The quantitative estimate of drug-likeness (QED) is 0.924. The smallest absolute Gasteiger partial charge is 0.125 e.